The molecule has 0 aliphatic rings. The molecule has 0 fully saturated rings. The molecule has 204 valence electrons. The zero-order valence-corrected chi connectivity index (χ0v) is 24.2. The predicted molar refractivity (Wildman–Crippen MR) is 184 cm³/mol. The molecule has 0 amide bonds. The van der Waals surface area contributed by atoms with Crippen molar-refractivity contribution < 1.29 is 0 Å². The van der Waals surface area contributed by atoms with Crippen LogP contribution in [0.5, 0.6) is 0 Å². The van der Waals surface area contributed by atoms with E-state index in [-0.39, 0.29) is 0 Å². The van der Waals surface area contributed by atoms with E-state index < -0.39 is 0 Å². The van der Waals surface area contributed by atoms with Gasteiger partial charge < -0.3 is 4.40 Å². The van der Waals surface area contributed by atoms with Crippen molar-refractivity contribution in [1.82, 2.24) is 19.4 Å². The average Bonchev–Trinajstić information content (AvgIpc) is 3.74. The van der Waals surface area contributed by atoms with Crippen LogP contribution in [0.1, 0.15) is 0 Å². The highest BCUT2D eigenvalue weighted by molar-refractivity contribution is 7.26. The second-order valence-electron chi connectivity index (χ2n) is 11.2. The smallest absolute Gasteiger partial charge is 0.165 e. The van der Waals surface area contributed by atoms with Gasteiger partial charge in [0.1, 0.15) is 0 Å². The molecular weight excluding hydrogens is 557 g/mol. The van der Waals surface area contributed by atoms with Crippen molar-refractivity contribution in [3.8, 4) is 34.2 Å². The van der Waals surface area contributed by atoms with Crippen molar-refractivity contribution in [2.75, 3.05) is 0 Å². The topological polar surface area (TPSA) is 43.1 Å². The van der Waals surface area contributed by atoms with Crippen LogP contribution in [0.3, 0.4) is 0 Å². The highest BCUT2D eigenvalue weighted by atomic mass is 32.1. The normalized spacial score (nSPS) is 12.1. The lowest BCUT2D eigenvalue weighted by Crippen LogP contribution is -2.00. The molecular formula is C39H22N4S. The minimum Gasteiger partial charge on any atom is -0.308 e. The Kier molecular flexibility index (Phi) is 4.84. The third kappa shape index (κ3) is 3.30. The zero-order valence-electron chi connectivity index (χ0n) is 23.4. The number of benzene rings is 6. The number of rotatable bonds is 3. The van der Waals surface area contributed by atoms with Gasteiger partial charge >= 0.3 is 0 Å². The summed E-state index contributed by atoms with van der Waals surface area (Å²) >= 11 is 1.82. The lowest BCUT2D eigenvalue weighted by atomic mass is 10.1. The molecule has 0 unspecified atom stereocenters. The van der Waals surface area contributed by atoms with Crippen molar-refractivity contribution in [3.63, 3.8) is 0 Å². The molecule has 44 heavy (non-hydrogen) atoms. The molecule has 0 bridgehead atoms. The first-order chi connectivity index (χ1) is 21.8. The molecule has 6 aromatic carbocycles. The first kappa shape index (κ1) is 23.9. The van der Waals surface area contributed by atoms with E-state index in [0.29, 0.717) is 17.5 Å². The highest BCUT2D eigenvalue weighted by Crippen LogP contribution is 2.45. The van der Waals surface area contributed by atoms with E-state index in [1.807, 2.05) is 47.7 Å². The van der Waals surface area contributed by atoms with Gasteiger partial charge in [0.2, 0.25) is 0 Å². The maximum absolute atomic E-state index is 5.05. The Morgan fingerprint density at radius 2 is 1.02 bits per heavy atom. The Morgan fingerprint density at radius 3 is 1.77 bits per heavy atom. The molecule has 5 heteroatoms. The van der Waals surface area contributed by atoms with Gasteiger partial charge in [-0.2, -0.15) is 0 Å². The summed E-state index contributed by atoms with van der Waals surface area (Å²) in [5.41, 5.74) is 6.76. The SMILES string of the molecule is c1ccc(-c2nc(-c3ccccc3)nc(-c3cccc4c3sc3cc5c6cccc7c8ccccc8n(c5cc34)c76)n2)cc1. The van der Waals surface area contributed by atoms with Crippen LogP contribution < -0.4 is 0 Å². The molecule has 0 N–H and O–H groups in total. The quantitative estimate of drug-likeness (QED) is 0.209. The molecule has 0 saturated heterocycles. The molecule has 0 aliphatic carbocycles. The van der Waals surface area contributed by atoms with E-state index in [0.717, 1.165) is 16.7 Å². The molecule has 4 heterocycles. The van der Waals surface area contributed by atoms with Gasteiger partial charge in [-0.15, -0.1) is 11.3 Å². The van der Waals surface area contributed by atoms with Crippen LogP contribution >= 0.6 is 11.3 Å². The Morgan fingerprint density at radius 1 is 0.432 bits per heavy atom. The summed E-state index contributed by atoms with van der Waals surface area (Å²) in [5, 5.41) is 7.66. The van der Waals surface area contributed by atoms with Crippen molar-refractivity contribution in [3.05, 3.63) is 133 Å². The second kappa shape index (κ2) is 8.93. The van der Waals surface area contributed by atoms with Gasteiger partial charge in [0.05, 0.1) is 16.6 Å². The molecule has 10 aromatic rings. The summed E-state index contributed by atoms with van der Waals surface area (Å²) in [6.07, 6.45) is 0. The molecule has 4 aromatic heterocycles. The van der Waals surface area contributed by atoms with Crippen LogP contribution in [-0.2, 0) is 0 Å². The lowest BCUT2D eigenvalue weighted by molar-refractivity contribution is 1.08. The lowest BCUT2D eigenvalue weighted by Gasteiger charge is -2.09. The van der Waals surface area contributed by atoms with Gasteiger partial charge in [-0.1, -0.05) is 109 Å². The largest absolute Gasteiger partial charge is 0.308 e. The van der Waals surface area contributed by atoms with E-state index >= 15 is 0 Å². The Hall–Kier alpha value is -5.65. The summed E-state index contributed by atoms with van der Waals surface area (Å²) in [6.45, 7) is 0. The molecule has 0 spiro atoms. The van der Waals surface area contributed by atoms with Gasteiger partial charge in [0.15, 0.2) is 17.5 Å². The van der Waals surface area contributed by atoms with Crippen molar-refractivity contribution in [2.24, 2.45) is 0 Å². The standard InChI is InChI=1S/C39H22N4S/c1-3-11-23(12-4-1)37-40-38(24-13-5-2-6-14-24)42-39(41-37)29-19-10-18-28-31-21-33-30(22-34(31)44-36(28)29)27-17-9-16-26-25-15-7-8-20-32(25)43(33)35(26)27/h1-22H. The summed E-state index contributed by atoms with van der Waals surface area (Å²) in [7, 11) is 0. The van der Waals surface area contributed by atoms with Crippen LogP contribution in [-0.4, -0.2) is 19.4 Å². The molecule has 4 nitrogen and oxygen atoms in total. The van der Waals surface area contributed by atoms with Crippen molar-refractivity contribution >= 4 is 69.6 Å². The van der Waals surface area contributed by atoms with Crippen LogP contribution in [0.4, 0.5) is 0 Å². The highest BCUT2D eigenvalue weighted by Gasteiger charge is 2.20. The summed E-state index contributed by atoms with van der Waals surface area (Å²) in [4.78, 5) is 15.0. The molecule has 10 rings (SSSR count). The summed E-state index contributed by atoms with van der Waals surface area (Å²) in [5.74, 6) is 2.03. The maximum Gasteiger partial charge on any atom is 0.165 e. The summed E-state index contributed by atoms with van der Waals surface area (Å²) < 4.78 is 4.90. The fourth-order valence-corrected chi connectivity index (χ4v) is 8.06. The van der Waals surface area contributed by atoms with Gasteiger partial charge in [-0.05, 0) is 24.3 Å². The van der Waals surface area contributed by atoms with Gasteiger partial charge in [-0.25, -0.2) is 15.0 Å². The second-order valence-corrected chi connectivity index (χ2v) is 12.3. The molecule has 0 aliphatic heterocycles. The van der Waals surface area contributed by atoms with Crippen LogP contribution in [0.2, 0.25) is 0 Å². The number of hydrogen-bond donors (Lipinski definition) is 0. The Labute approximate surface area is 255 Å². The monoisotopic (exact) mass is 578 g/mol. The third-order valence-corrected chi connectivity index (χ3v) is 9.98. The van der Waals surface area contributed by atoms with Crippen LogP contribution in [0.15, 0.2) is 133 Å². The summed E-state index contributed by atoms with van der Waals surface area (Å²) in [6, 6.07) is 47.0. The minimum absolute atomic E-state index is 0.673. The van der Waals surface area contributed by atoms with Gasteiger partial charge in [-0.3, -0.25) is 0 Å². The average molecular weight is 579 g/mol. The van der Waals surface area contributed by atoms with E-state index in [2.05, 4.69) is 101 Å². The fraction of sp³-hybridized carbons (Fsp3) is 0. The maximum atomic E-state index is 5.05. The zero-order chi connectivity index (χ0) is 28.8. The molecule has 0 atom stereocenters. The Balaban J connectivity index is 1.26. The minimum atomic E-state index is 0.673. The number of hydrogen-bond acceptors (Lipinski definition) is 4. The molecule has 0 radical (unpaired) electrons. The fourth-order valence-electron chi connectivity index (χ4n) is 6.82. The number of nitrogens with zero attached hydrogens (tertiary/aromatic N) is 4. The predicted octanol–water partition coefficient (Wildman–Crippen LogP) is 10.4. The van der Waals surface area contributed by atoms with Gasteiger partial charge in [0.25, 0.3) is 0 Å². The number of fused-ring (bicyclic) bond motifs is 9. The number of para-hydroxylation sites is 2. The van der Waals surface area contributed by atoms with E-state index in [9.17, 15) is 0 Å². The third-order valence-electron chi connectivity index (χ3n) is 8.78. The van der Waals surface area contributed by atoms with Crippen LogP contribution in [0.25, 0.3) is 92.4 Å². The first-order valence-electron chi connectivity index (χ1n) is 14.7. The number of thiophene rings is 1. The van der Waals surface area contributed by atoms with Crippen molar-refractivity contribution in [2.45, 2.75) is 0 Å². The van der Waals surface area contributed by atoms with Gasteiger partial charge in [0, 0.05) is 58.4 Å². The van der Waals surface area contributed by atoms with Crippen LogP contribution in [0, 0.1) is 0 Å². The first-order valence-corrected chi connectivity index (χ1v) is 15.5. The van der Waals surface area contributed by atoms with E-state index in [1.54, 1.807) is 0 Å². The Bertz CT molecular complexity index is 2650. The number of aromatic nitrogens is 4. The van der Waals surface area contributed by atoms with E-state index in [4.69, 9.17) is 15.0 Å². The van der Waals surface area contributed by atoms with Crippen molar-refractivity contribution in [1.29, 1.82) is 0 Å². The van der Waals surface area contributed by atoms with E-state index in [1.165, 1.54) is 58.3 Å². The molecule has 0 saturated carbocycles.